The average molecular weight is 335 g/mol. The molecule has 6 heteroatoms. The lowest BCUT2D eigenvalue weighted by Gasteiger charge is -2.34. The molecule has 1 N–H and O–H groups in total. The smallest absolute Gasteiger partial charge is 0.211 e. The Kier molecular flexibility index (Phi) is 6.84. The van der Waals surface area contributed by atoms with Gasteiger partial charge in [-0.1, -0.05) is 0 Å². The predicted molar refractivity (Wildman–Crippen MR) is 91.3 cm³/mol. The van der Waals surface area contributed by atoms with Gasteiger partial charge in [0.25, 0.3) is 0 Å². The van der Waals surface area contributed by atoms with E-state index >= 15 is 0 Å². The van der Waals surface area contributed by atoms with Gasteiger partial charge in [-0.25, -0.2) is 12.7 Å². The molecule has 0 amide bonds. The number of hydrogen-bond acceptors (Lipinski definition) is 4. The van der Waals surface area contributed by atoms with E-state index in [1.54, 1.807) is 4.31 Å². The third kappa shape index (κ3) is 5.73. The van der Waals surface area contributed by atoms with E-state index in [0.717, 1.165) is 25.3 Å². The highest BCUT2D eigenvalue weighted by atomic mass is 32.2. The van der Waals surface area contributed by atoms with Crippen LogP contribution in [0.4, 0.5) is 0 Å². The predicted octanol–water partition coefficient (Wildman–Crippen LogP) is 2.17. The molecule has 124 valence electrons. The van der Waals surface area contributed by atoms with Crippen molar-refractivity contribution in [2.45, 2.75) is 44.6 Å². The largest absolute Gasteiger partial charge is 0.317 e. The molecule has 21 heavy (non-hydrogen) atoms. The van der Waals surface area contributed by atoms with Gasteiger partial charge in [0.2, 0.25) is 10.0 Å². The van der Waals surface area contributed by atoms with E-state index < -0.39 is 10.0 Å². The molecule has 2 unspecified atom stereocenters. The van der Waals surface area contributed by atoms with Gasteiger partial charge in [0.1, 0.15) is 0 Å². The topological polar surface area (TPSA) is 49.4 Å². The number of hydrogen-bond donors (Lipinski definition) is 1. The second-order valence-electron chi connectivity index (χ2n) is 6.64. The molecular formula is C15H30N2O2S2. The summed E-state index contributed by atoms with van der Waals surface area (Å²) in [6.45, 7) is 1.43. The number of nitrogens with zero attached hydrogens (tertiary/aromatic N) is 1. The summed E-state index contributed by atoms with van der Waals surface area (Å²) >= 11 is 2.08. The highest BCUT2D eigenvalue weighted by molar-refractivity contribution is 7.99. The molecule has 0 aliphatic carbocycles. The normalized spacial score (nSPS) is 27.6. The number of nitrogens with one attached hydrogen (secondary N) is 1. The molecule has 0 aromatic carbocycles. The molecule has 2 aliphatic heterocycles. The van der Waals surface area contributed by atoms with Gasteiger partial charge >= 0.3 is 0 Å². The van der Waals surface area contributed by atoms with Crippen molar-refractivity contribution in [3.8, 4) is 0 Å². The van der Waals surface area contributed by atoms with Crippen LogP contribution in [-0.2, 0) is 10.0 Å². The molecule has 2 saturated heterocycles. The second-order valence-corrected chi connectivity index (χ2v) is 9.85. The monoisotopic (exact) mass is 334 g/mol. The van der Waals surface area contributed by atoms with Crippen LogP contribution in [0, 0.1) is 11.8 Å². The van der Waals surface area contributed by atoms with Gasteiger partial charge in [-0.05, 0) is 68.9 Å². The van der Waals surface area contributed by atoms with Crippen molar-refractivity contribution >= 4 is 21.8 Å². The molecule has 2 rings (SSSR count). The summed E-state index contributed by atoms with van der Waals surface area (Å²) in [7, 11) is -0.963. The van der Waals surface area contributed by atoms with E-state index in [2.05, 4.69) is 24.1 Å². The van der Waals surface area contributed by atoms with Crippen LogP contribution in [0.25, 0.3) is 0 Å². The molecule has 2 heterocycles. The van der Waals surface area contributed by atoms with Crippen LogP contribution in [-0.4, -0.2) is 56.7 Å². The van der Waals surface area contributed by atoms with E-state index in [4.69, 9.17) is 0 Å². The van der Waals surface area contributed by atoms with Gasteiger partial charge in [-0.15, -0.1) is 0 Å². The molecule has 0 spiro atoms. The van der Waals surface area contributed by atoms with Crippen molar-refractivity contribution in [1.29, 1.82) is 0 Å². The van der Waals surface area contributed by atoms with E-state index in [1.807, 2.05) is 0 Å². The van der Waals surface area contributed by atoms with Gasteiger partial charge in [0.05, 0.1) is 6.26 Å². The molecule has 0 bridgehead atoms. The lowest BCUT2D eigenvalue weighted by molar-refractivity contribution is 0.227. The van der Waals surface area contributed by atoms with Crippen LogP contribution < -0.4 is 5.32 Å². The Morgan fingerprint density at radius 3 is 2.48 bits per heavy atom. The molecule has 2 fully saturated rings. The fraction of sp³-hybridized carbons (Fsp3) is 1.00. The van der Waals surface area contributed by atoms with Gasteiger partial charge < -0.3 is 5.32 Å². The van der Waals surface area contributed by atoms with E-state index in [-0.39, 0.29) is 0 Å². The van der Waals surface area contributed by atoms with Crippen molar-refractivity contribution < 1.29 is 8.42 Å². The zero-order valence-corrected chi connectivity index (χ0v) is 15.0. The number of thioether (sulfide) groups is 1. The van der Waals surface area contributed by atoms with E-state index in [9.17, 15) is 8.42 Å². The third-order valence-electron chi connectivity index (χ3n) is 4.94. The average Bonchev–Trinajstić information content (AvgIpc) is 2.47. The Bertz CT molecular complexity index is 408. The van der Waals surface area contributed by atoms with Gasteiger partial charge in [-0.2, -0.15) is 11.8 Å². The van der Waals surface area contributed by atoms with Crippen LogP contribution in [0.15, 0.2) is 0 Å². The Labute approximate surface area is 134 Å². The highest BCUT2D eigenvalue weighted by Crippen LogP contribution is 2.29. The Morgan fingerprint density at radius 2 is 1.86 bits per heavy atom. The summed E-state index contributed by atoms with van der Waals surface area (Å²) in [6.07, 6.45) is 8.59. The van der Waals surface area contributed by atoms with Crippen LogP contribution >= 0.6 is 11.8 Å². The number of sulfonamides is 1. The molecule has 2 aliphatic rings. The van der Waals surface area contributed by atoms with Crippen molar-refractivity contribution in [3.63, 3.8) is 0 Å². The first-order valence-corrected chi connectivity index (χ1v) is 11.2. The van der Waals surface area contributed by atoms with E-state index in [0.29, 0.717) is 18.5 Å². The molecule has 0 aromatic heterocycles. The van der Waals surface area contributed by atoms with Crippen molar-refractivity contribution in [2.24, 2.45) is 11.8 Å². The van der Waals surface area contributed by atoms with Gasteiger partial charge in [0, 0.05) is 19.1 Å². The lowest BCUT2D eigenvalue weighted by Crippen LogP contribution is -2.41. The molecular weight excluding hydrogens is 304 g/mol. The molecule has 0 saturated carbocycles. The van der Waals surface area contributed by atoms with Crippen molar-refractivity contribution in [1.82, 2.24) is 9.62 Å². The molecule has 4 nitrogen and oxygen atoms in total. The third-order valence-corrected chi connectivity index (χ3v) is 7.25. The Hall–Kier alpha value is 0.220. The van der Waals surface area contributed by atoms with E-state index in [1.165, 1.54) is 43.4 Å². The molecule has 0 aromatic rings. The highest BCUT2D eigenvalue weighted by Gasteiger charge is 2.28. The Morgan fingerprint density at radius 1 is 1.19 bits per heavy atom. The standard InChI is InChI=1S/C15H30N2O2S2/c1-16-15(10-13-5-8-20-9-6-13)11-14-4-3-7-17(12-14)21(2,18)19/h13-16H,3-12H2,1-2H3. The molecule has 0 radical (unpaired) electrons. The first kappa shape index (κ1) is 17.6. The summed E-state index contributed by atoms with van der Waals surface area (Å²) in [5.41, 5.74) is 0. The molecule has 2 atom stereocenters. The zero-order chi connectivity index (χ0) is 15.3. The first-order valence-electron chi connectivity index (χ1n) is 8.19. The SMILES string of the molecule is CNC(CC1CCSCC1)CC1CCCN(S(C)(=O)=O)C1. The first-order chi connectivity index (χ1) is 9.99. The van der Waals surface area contributed by atoms with Gasteiger partial charge in [0.15, 0.2) is 0 Å². The fourth-order valence-electron chi connectivity index (χ4n) is 3.64. The maximum atomic E-state index is 11.7. The summed E-state index contributed by atoms with van der Waals surface area (Å²) in [5.74, 6) is 4.00. The minimum absolute atomic E-state index is 0.517. The minimum atomic E-state index is -3.02. The maximum absolute atomic E-state index is 11.7. The van der Waals surface area contributed by atoms with Crippen LogP contribution in [0.3, 0.4) is 0 Å². The summed E-state index contributed by atoms with van der Waals surface area (Å²) < 4.78 is 25.1. The van der Waals surface area contributed by atoms with Crippen LogP contribution in [0.5, 0.6) is 0 Å². The lowest BCUT2D eigenvalue weighted by atomic mass is 9.86. The quantitative estimate of drug-likeness (QED) is 0.809. The summed E-state index contributed by atoms with van der Waals surface area (Å²) in [4.78, 5) is 0. The zero-order valence-electron chi connectivity index (χ0n) is 13.4. The number of piperidine rings is 1. The van der Waals surface area contributed by atoms with Crippen LogP contribution in [0.1, 0.15) is 38.5 Å². The van der Waals surface area contributed by atoms with Gasteiger partial charge in [-0.3, -0.25) is 0 Å². The number of rotatable bonds is 6. The maximum Gasteiger partial charge on any atom is 0.211 e. The minimum Gasteiger partial charge on any atom is -0.317 e. The Balaban J connectivity index is 1.83. The summed E-state index contributed by atoms with van der Waals surface area (Å²) in [5, 5.41) is 3.48. The van der Waals surface area contributed by atoms with Crippen molar-refractivity contribution in [2.75, 3.05) is 37.9 Å². The van der Waals surface area contributed by atoms with Crippen LogP contribution in [0.2, 0.25) is 0 Å². The van der Waals surface area contributed by atoms with Crippen molar-refractivity contribution in [3.05, 3.63) is 0 Å². The fourth-order valence-corrected chi connectivity index (χ4v) is 5.79. The second kappa shape index (κ2) is 8.18. The summed E-state index contributed by atoms with van der Waals surface area (Å²) in [6, 6.07) is 0.544.